The first-order chi connectivity index (χ1) is 6.34. The van der Waals surface area contributed by atoms with Crippen molar-refractivity contribution in [3.8, 4) is 0 Å². The van der Waals surface area contributed by atoms with Crippen LogP contribution in [0, 0.1) is 0 Å². The van der Waals surface area contributed by atoms with Gasteiger partial charge < -0.3 is 10.4 Å². The molecule has 0 bridgehead atoms. The molecule has 0 unspecified atom stereocenters. The van der Waals surface area contributed by atoms with Gasteiger partial charge in [-0.1, -0.05) is 0 Å². The van der Waals surface area contributed by atoms with E-state index in [-0.39, 0.29) is 6.10 Å². The van der Waals surface area contributed by atoms with E-state index in [9.17, 15) is 5.11 Å². The van der Waals surface area contributed by atoms with Gasteiger partial charge in [0.25, 0.3) is 0 Å². The molecule has 0 saturated heterocycles. The normalized spacial score (nSPS) is 28.2. The molecule has 0 radical (unpaired) electrons. The SMILES string of the molecule is CSCCCCN[C@H]1CCC[C@@H]1O. The first-order valence-electron chi connectivity index (χ1n) is 5.25. The van der Waals surface area contributed by atoms with Gasteiger partial charge in [0, 0.05) is 6.04 Å². The summed E-state index contributed by atoms with van der Waals surface area (Å²) in [6.45, 7) is 1.07. The number of aliphatic hydroxyl groups is 1. The summed E-state index contributed by atoms with van der Waals surface area (Å²) in [5.74, 6) is 1.26. The quantitative estimate of drug-likeness (QED) is 0.644. The molecule has 0 aromatic carbocycles. The molecule has 0 aromatic rings. The van der Waals surface area contributed by atoms with Crippen molar-refractivity contribution >= 4 is 11.8 Å². The highest BCUT2D eigenvalue weighted by molar-refractivity contribution is 7.98. The Bertz CT molecular complexity index is 132. The van der Waals surface area contributed by atoms with E-state index in [1.165, 1.54) is 25.0 Å². The Morgan fingerprint density at radius 3 is 2.85 bits per heavy atom. The highest BCUT2D eigenvalue weighted by Crippen LogP contribution is 2.18. The zero-order chi connectivity index (χ0) is 9.52. The summed E-state index contributed by atoms with van der Waals surface area (Å²) >= 11 is 1.91. The molecule has 1 aliphatic rings. The summed E-state index contributed by atoms with van der Waals surface area (Å²) < 4.78 is 0. The van der Waals surface area contributed by atoms with Crippen molar-refractivity contribution in [1.29, 1.82) is 0 Å². The predicted molar refractivity (Wildman–Crippen MR) is 59.3 cm³/mol. The Balaban J connectivity index is 1.93. The van der Waals surface area contributed by atoms with Crippen LogP contribution >= 0.6 is 11.8 Å². The number of thioether (sulfide) groups is 1. The average Bonchev–Trinajstić information content (AvgIpc) is 2.52. The second-order valence-corrected chi connectivity index (χ2v) is 4.74. The van der Waals surface area contributed by atoms with Crippen molar-refractivity contribution in [2.24, 2.45) is 0 Å². The van der Waals surface area contributed by atoms with Gasteiger partial charge in [-0.15, -0.1) is 0 Å². The van der Waals surface area contributed by atoms with Gasteiger partial charge in [0.05, 0.1) is 6.10 Å². The Kier molecular flexibility index (Phi) is 5.83. The van der Waals surface area contributed by atoms with E-state index in [1.54, 1.807) is 0 Å². The lowest BCUT2D eigenvalue weighted by molar-refractivity contribution is 0.149. The second kappa shape index (κ2) is 6.68. The number of hydrogen-bond donors (Lipinski definition) is 2. The third-order valence-electron chi connectivity index (χ3n) is 2.66. The van der Waals surface area contributed by atoms with Crippen molar-refractivity contribution in [3.05, 3.63) is 0 Å². The average molecular weight is 203 g/mol. The zero-order valence-corrected chi connectivity index (χ0v) is 9.28. The fourth-order valence-corrected chi connectivity index (χ4v) is 2.33. The van der Waals surface area contributed by atoms with E-state index < -0.39 is 0 Å². The van der Waals surface area contributed by atoms with Crippen LogP contribution in [0.3, 0.4) is 0 Å². The molecule has 2 atom stereocenters. The molecule has 13 heavy (non-hydrogen) atoms. The van der Waals surface area contributed by atoms with Gasteiger partial charge in [0.1, 0.15) is 0 Å². The molecule has 0 amide bonds. The van der Waals surface area contributed by atoms with Gasteiger partial charge in [0.2, 0.25) is 0 Å². The van der Waals surface area contributed by atoms with Crippen molar-refractivity contribution in [2.45, 2.75) is 44.2 Å². The molecule has 2 N–H and O–H groups in total. The molecule has 78 valence electrons. The van der Waals surface area contributed by atoms with Crippen molar-refractivity contribution < 1.29 is 5.11 Å². The van der Waals surface area contributed by atoms with Crippen molar-refractivity contribution in [3.63, 3.8) is 0 Å². The van der Waals surface area contributed by atoms with Crippen LogP contribution in [0.15, 0.2) is 0 Å². The Labute approximate surface area is 85.5 Å². The van der Waals surface area contributed by atoms with Crippen molar-refractivity contribution in [2.75, 3.05) is 18.6 Å². The van der Waals surface area contributed by atoms with Crippen LogP contribution < -0.4 is 5.32 Å². The fraction of sp³-hybridized carbons (Fsp3) is 1.00. The summed E-state index contributed by atoms with van der Waals surface area (Å²) in [5, 5.41) is 13.0. The molecule has 1 saturated carbocycles. The lowest BCUT2D eigenvalue weighted by atomic mass is 10.2. The van der Waals surface area contributed by atoms with Crippen LogP contribution in [0.1, 0.15) is 32.1 Å². The summed E-state index contributed by atoms with van der Waals surface area (Å²) in [7, 11) is 0. The maximum atomic E-state index is 9.53. The van der Waals surface area contributed by atoms with Crippen LogP contribution in [-0.4, -0.2) is 35.8 Å². The van der Waals surface area contributed by atoms with E-state index in [1.807, 2.05) is 11.8 Å². The summed E-state index contributed by atoms with van der Waals surface area (Å²) in [6, 6.07) is 0.384. The smallest absolute Gasteiger partial charge is 0.0693 e. The molecule has 1 fully saturated rings. The molecular formula is C10H21NOS. The molecule has 0 aliphatic heterocycles. The molecular weight excluding hydrogens is 182 g/mol. The third-order valence-corrected chi connectivity index (χ3v) is 3.36. The second-order valence-electron chi connectivity index (χ2n) is 3.76. The van der Waals surface area contributed by atoms with Crippen LogP contribution in [0.5, 0.6) is 0 Å². The standard InChI is InChI=1S/C10H21NOS/c1-13-8-3-2-7-11-9-5-4-6-10(9)12/h9-12H,2-8H2,1H3/t9-,10-/m0/s1. The van der Waals surface area contributed by atoms with Gasteiger partial charge in [-0.05, 0) is 50.7 Å². The maximum absolute atomic E-state index is 9.53. The Morgan fingerprint density at radius 2 is 2.23 bits per heavy atom. The van der Waals surface area contributed by atoms with E-state index in [2.05, 4.69) is 11.6 Å². The molecule has 0 spiro atoms. The first kappa shape index (κ1) is 11.3. The van der Waals surface area contributed by atoms with E-state index in [0.717, 1.165) is 19.4 Å². The fourth-order valence-electron chi connectivity index (χ4n) is 1.84. The molecule has 2 nitrogen and oxygen atoms in total. The topological polar surface area (TPSA) is 32.3 Å². The largest absolute Gasteiger partial charge is 0.392 e. The molecule has 1 rings (SSSR count). The third kappa shape index (κ3) is 4.34. The van der Waals surface area contributed by atoms with Gasteiger partial charge >= 0.3 is 0 Å². The Morgan fingerprint density at radius 1 is 1.38 bits per heavy atom. The molecule has 0 heterocycles. The van der Waals surface area contributed by atoms with Crippen LogP contribution in [-0.2, 0) is 0 Å². The van der Waals surface area contributed by atoms with Gasteiger partial charge in [-0.3, -0.25) is 0 Å². The minimum atomic E-state index is -0.0828. The number of hydrogen-bond acceptors (Lipinski definition) is 3. The van der Waals surface area contributed by atoms with Gasteiger partial charge in [0.15, 0.2) is 0 Å². The monoisotopic (exact) mass is 203 g/mol. The minimum Gasteiger partial charge on any atom is -0.392 e. The number of aliphatic hydroxyl groups excluding tert-OH is 1. The van der Waals surface area contributed by atoms with E-state index in [4.69, 9.17) is 0 Å². The summed E-state index contributed by atoms with van der Waals surface area (Å²) in [5.41, 5.74) is 0. The van der Waals surface area contributed by atoms with Crippen LogP contribution in [0.25, 0.3) is 0 Å². The highest BCUT2D eigenvalue weighted by atomic mass is 32.2. The molecule has 0 aromatic heterocycles. The number of unbranched alkanes of at least 4 members (excludes halogenated alkanes) is 1. The summed E-state index contributed by atoms with van der Waals surface area (Å²) in [4.78, 5) is 0. The lowest BCUT2D eigenvalue weighted by Gasteiger charge is -2.15. The first-order valence-corrected chi connectivity index (χ1v) is 6.64. The van der Waals surface area contributed by atoms with Gasteiger partial charge in [-0.2, -0.15) is 11.8 Å². The van der Waals surface area contributed by atoms with Crippen LogP contribution in [0.4, 0.5) is 0 Å². The van der Waals surface area contributed by atoms with Crippen LogP contribution in [0.2, 0.25) is 0 Å². The summed E-state index contributed by atoms with van der Waals surface area (Å²) in [6.07, 6.45) is 7.92. The Hall–Kier alpha value is 0.270. The number of rotatable bonds is 6. The highest BCUT2D eigenvalue weighted by Gasteiger charge is 2.23. The van der Waals surface area contributed by atoms with Crippen molar-refractivity contribution in [1.82, 2.24) is 5.32 Å². The minimum absolute atomic E-state index is 0.0828. The molecule has 1 aliphatic carbocycles. The number of nitrogens with one attached hydrogen (secondary N) is 1. The predicted octanol–water partition coefficient (Wildman–Crippen LogP) is 1.63. The zero-order valence-electron chi connectivity index (χ0n) is 8.46. The van der Waals surface area contributed by atoms with E-state index in [0.29, 0.717) is 6.04 Å². The molecule has 3 heteroatoms. The maximum Gasteiger partial charge on any atom is 0.0693 e. The lowest BCUT2D eigenvalue weighted by Crippen LogP contribution is -2.36. The van der Waals surface area contributed by atoms with E-state index >= 15 is 0 Å². The van der Waals surface area contributed by atoms with Gasteiger partial charge in [-0.25, -0.2) is 0 Å².